The van der Waals surface area contributed by atoms with Crippen molar-refractivity contribution < 1.29 is 4.79 Å². The predicted octanol–water partition coefficient (Wildman–Crippen LogP) is 2.36. The number of benzene rings is 1. The Hall–Kier alpha value is -2.85. The summed E-state index contributed by atoms with van der Waals surface area (Å²) in [4.78, 5) is 14.6. The Kier molecular flexibility index (Phi) is 5.31. The minimum Gasteiger partial charge on any atom is -0.333 e. The molecule has 1 aliphatic heterocycles. The highest BCUT2D eigenvalue weighted by atomic mass is 16.2. The van der Waals surface area contributed by atoms with E-state index >= 15 is 0 Å². The highest BCUT2D eigenvalue weighted by Gasteiger charge is 2.33. The van der Waals surface area contributed by atoms with E-state index in [1.165, 1.54) is 5.56 Å². The number of nitrogens with zero attached hydrogens (tertiary/aromatic N) is 4. The number of likely N-dealkylation sites (tertiary alicyclic amines) is 1. The first-order valence-corrected chi connectivity index (χ1v) is 8.40. The molecule has 2 heterocycles. The molecule has 0 saturated carbocycles. The van der Waals surface area contributed by atoms with E-state index in [-0.39, 0.29) is 18.1 Å². The first-order valence-electron chi connectivity index (χ1n) is 8.40. The van der Waals surface area contributed by atoms with Gasteiger partial charge in [-0.05, 0) is 19.0 Å². The fraction of sp³-hybridized carbons (Fsp3) is 0.389. The largest absolute Gasteiger partial charge is 0.333 e. The first kappa shape index (κ1) is 17.0. The molecule has 0 spiro atoms. The van der Waals surface area contributed by atoms with E-state index in [0.29, 0.717) is 18.8 Å². The molecule has 0 radical (unpaired) electrons. The van der Waals surface area contributed by atoms with Crippen molar-refractivity contribution in [3.8, 4) is 6.07 Å². The molecular formula is C18H22N6O. The second kappa shape index (κ2) is 7.81. The topological polar surface area (TPSA) is 86.0 Å². The van der Waals surface area contributed by atoms with E-state index in [1.54, 1.807) is 16.9 Å². The number of hydrogen-bond acceptors (Lipinski definition) is 4. The summed E-state index contributed by atoms with van der Waals surface area (Å²) < 4.78 is 1.65. The minimum absolute atomic E-state index is 0.0491. The number of likely N-dealkylation sites (N-methyl/N-ethyl adjacent to an activating group) is 1. The van der Waals surface area contributed by atoms with Gasteiger partial charge in [0.15, 0.2) is 5.82 Å². The fourth-order valence-electron chi connectivity index (χ4n) is 3.27. The zero-order valence-electron chi connectivity index (χ0n) is 14.2. The highest BCUT2D eigenvalue weighted by Crippen LogP contribution is 2.30. The number of anilines is 1. The standard InChI is InChI=1S/C18H22N6O/c1-23-12-8-15(17(23)14-6-3-2-4-7-14)20-18(25)21-16-9-13-24(22-16)11-5-10-19/h2-4,6-7,9,13,15,17H,5,8,11-12H2,1H3,(H2,20,21,22,25). The summed E-state index contributed by atoms with van der Waals surface area (Å²) in [6.07, 6.45) is 3.05. The summed E-state index contributed by atoms with van der Waals surface area (Å²) in [7, 11) is 2.08. The number of aromatic nitrogens is 2. The van der Waals surface area contributed by atoms with Crippen LogP contribution in [-0.4, -0.2) is 40.3 Å². The molecular weight excluding hydrogens is 316 g/mol. The number of hydrogen-bond donors (Lipinski definition) is 2. The third-order valence-electron chi connectivity index (χ3n) is 4.44. The van der Waals surface area contributed by atoms with Gasteiger partial charge in [-0.15, -0.1) is 0 Å². The van der Waals surface area contributed by atoms with E-state index in [9.17, 15) is 4.79 Å². The lowest BCUT2D eigenvalue weighted by atomic mass is 10.0. The van der Waals surface area contributed by atoms with Crippen molar-refractivity contribution in [2.45, 2.75) is 31.5 Å². The average molecular weight is 338 g/mol. The van der Waals surface area contributed by atoms with Crippen LogP contribution in [-0.2, 0) is 6.54 Å². The van der Waals surface area contributed by atoms with E-state index in [2.05, 4.69) is 45.9 Å². The van der Waals surface area contributed by atoms with Crippen molar-refractivity contribution in [2.75, 3.05) is 18.9 Å². The van der Waals surface area contributed by atoms with Gasteiger partial charge in [0, 0.05) is 18.8 Å². The number of carbonyl (C=O) groups excluding carboxylic acids is 1. The van der Waals surface area contributed by atoms with Crippen molar-refractivity contribution in [3.05, 3.63) is 48.2 Å². The van der Waals surface area contributed by atoms with Gasteiger partial charge in [-0.1, -0.05) is 30.3 Å². The van der Waals surface area contributed by atoms with Gasteiger partial charge < -0.3 is 5.32 Å². The minimum atomic E-state index is -0.258. The van der Waals surface area contributed by atoms with E-state index < -0.39 is 0 Å². The molecule has 7 nitrogen and oxygen atoms in total. The second-order valence-electron chi connectivity index (χ2n) is 6.20. The Labute approximate surface area is 147 Å². The summed E-state index contributed by atoms with van der Waals surface area (Å²) in [5, 5.41) is 18.7. The van der Waals surface area contributed by atoms with E-state index in [1.807, 2.05) is 18.2 Å². The number of urea groups is 1. The zero-order valence-corrected chi connectivity index (χ0v) is 14.2. The quantitative estimate of drug-likeness (QED) is 0.876. The van der Waals surface area contributed by atoms with Crippen LogP contribution < -0.4 is 10.6 Å². The Bertz CT molecular complexity index is 750. The average Bonchev–Trinajstić information content (AvgIpc) is 3.20. The highest BCUT2D eigenvalue weighted by molar-refractivity contribution is 5.88. The first-order chi connectivity index (χ1) is 12.2. The lowest BCUT2D eigenvalue weighted by Crippen LogP contribution is -2.41. The van der Waals surface area contributed by atoms with Crippen LogP contribution in [0.25, 0.3) is 0 Å². The van der Waals surface area contributed by atoms with E-state index in [0.717, 1.165) is 13.0 Å². The molecule has 0 aliphatic carbocycles. The number of aryl methyl sites for hydroxylation is 1. The maximum Gasteiger partial charge on any atom is 0.320 e. The molecule has 7 heteroatoms. The summed E-state index contributed by atoms with van der Waals surface area (Å²) in [5.74, 6) is 0.484. The van der Waals surface area contributed by atoms with Crippen molar-refractivity contribution in [3.63, 3.8) is 0 Å². The van der Waals surface area contributed by atoms with Crippen molar-refractivity contribution in [2.24, 2.45) is 0 Å². The Morgan fingerprint density at radius 3 is 2.92 bits per heavy atom. The molecule has 1 saturated heterocycles. The van der Waals surface area contributed by atoms with Gasteiger partial charge in [0.2, 0.25) is 0 Å². The van der Waals surface area contributed by atoms with Crippen LogP contribution >= 0.6 is 0 Å². The molecule has 2 amide bonds. The lowest BCUT2D eigenvalue weighted by Gasteiger charge is -2.26. The van der Waals surface area contributed by atoms with Crippen LogP contribution in [0.3, 0.4) is 0 Å². The SMILES string of the molecule is CN1CCC(NC(=O)Nc2ccn(CCC#N)n2)C1c1ccccc1. The molecule has 2 N–H and O–H groups in total. The van der Waals surface area contributed by atoms with Gasteiger partial charge in [-0.25, -0.2) is 4.79 Å². The third-order valence-corrected chi connectivity index (χ3v) is 4.44. The number of amides is 2. The molecule has 1 fully saturated rings. The number of nitrogens with one attached hydrogen (secondary N) is 2. The Balaban J connectivity index is 1.60. The van der Waals surface area contributed by atoms with Crippen molar-refractivity contribution in [1.82, 2.24) is 20.0 Å². The maximum atomic E-state index is 12.3. The Morgan fingerprint density at radius 2 is 2.16 bits per heavy atom. The second-order valence-corrected chi connectivity index (χ2v) is 6.20. The summed E-state index contributed by atoms with van der Waals surface area (Å²) >= 11 is 0. The molecule has 1 aromatic heterocycles. The van der Waals surface area contributed by atoms with Gasteiger partial charge in [0.25, 0.3) is 0 Å². The number of nitriles is 1. The normalized spacial score (nSPS) is 20.2. The molecule has 2 atom stereocenters. The van der Waals surface area contributed by atoms with Gasteiger partial charge in [0.1, 0.15) is 0 Å². The Morgan fingerprint density at radius 1 is 1.36 bits per heavy atom. The van der Waals surface area contributed by atoms with Crippen molar-refractivity contribution in [1.29, 1.82) is 5.26 Å². The van der Waals surface area contributed by atoms with Crippen LogP contribution in [0.15, 0.2) is 42.6 Å². The molecule has 0 bridgehead atoms. The van der Waals surface area contributed by atoms with Gasteiger partial charge in [-0.3, -0.25) is 14.9 Å². The number of carbonyl (C=O) groups is 1. The van der Waals surface area contributed by atoms with Crippen LogP contribution in [0.4, 0.5) is 10.6 Å². The van der Waals surface area contributed by atoms with Gasteiger partial charge in [-0.2, -0.15) is 10.4 Å². The molecule has 3 rings (SSSR count). The van der Waals surface area contributed by atoms with Gasteiger partial charge in [0.05, 0.1) is 31.1 Å². The summed E-state index contributed by atoms with van der Waals surface area (Å²) in [6, 6.07) is 14.0. The fourth-order valence-corrected chi connectivity index (χ4v) is 3.27. The van der Waals surface area contributed by atoms with Crippen molar-refractivity contribution >= 4 is 11.8 Å². The lowest BCUT2D eigenvalue weighted by molar-refractivity contribution is 0.240. The third kappa shape index (κ3) is 4.17. The maximum absolute atomic E-state index is 12.3. The van der Waals surface area contributed by atoms with Crippen LogP contribution in [0.1, 0.15) is 24.4 Å². The molecule has 2 aromatic rings. The molecule has 1 aromatic carbocycles. The summed E-state index contributed by atoms with van der Waals surface area (Å²) in [5.41, 5.74) is 1.20. The monoisotopic (exact) mass is 338 g/mol. The smallest absolute Gasteiger partial charge is 0.320 e. The van der Waals surface area contributed by atoms with Crippen LogP contribution in [0.2, 0.25) is 0 Å². The number of rotatable bonds is 5. The predicted molar refractivity (Wildman–Crippen MR) is 94.8 cm³/mol. The molecule has 25 heavy (non-hydrogen) atoms. The molecule has 2 unspecified atom stereocenters. The van der Waals surface area contributed by atoms with E-state index in [4.69, 9.17) is 5.26 Å². The summed E-state index contributed by atoms with van der Waals surface area (Å²) in [6.45, 7) is 1.45. The molecule has 1 aliphatic rings. The zero-order chi connectivity index (χ0) is 17.6. The van der Waals surface area contributed by atoms with Crippen LogP contribution in [0.5, 0.6) is 0 Å². The molecule has 130 valence electrons. The van der Waals surface area contributed by atoms with Crippen LogP contribution in [0, 0.1) is 11.3 Å². The van der Waals surface area contributed by atoms with Gasteiger partial charge >= 0.3 is 6.03 Å².